The normalized spacial score (nSPS) is 10.3. The number of rotatable bonds is 4. The lowest BCUT2D eigenvalue weighted by molar-refractivity contribution is -0.387. The third-order valence-electron chi connectivity index (χ3n) is 2.06. The number of alkyl halides is 2. The topological polar surface area (TPSA) is 91.6 Å². The number of pyridine rings is 1. The number of methoxy groups -OCH3 is 2. The standard InChI is InChI=1S/C9H8F2N2O5/c1-17-4-3-12-6(9(14)18-2)7(13(15)16)5(4)8(10)11/h3,8H,1-2H3. The van der Waals surface area contributed by atoms with Crippen molar-refractivity contribution in [2.75, 3.05) is 14.2 Å². The fraction of sp³-hybridized carbons (Fsp3) is 0.333. The zero-order valence-corrected chi connectivity index (χ0v) is 9.35. The molecule has 0 spiro atoms. The highest BCUT2D eigenvalue weighted by Crippen LogP contribution is 2.38. The van der Waals surface area contributed by atoms with Gasteiger partial charge in [0.15, 0.2) is 5.75 Å². The number of hydrogen-bond acceptors (Lipinski definition) is 6. The van der Waals surface area contributed by atoms with E-state index >= 15 is 0 Å². The van der Waals surface area contributed by atoms with Gasteiger partial charge in [0, 0.05) is 0 Å². The fourth-order valence-corrected chi connectivity index (χ4v) is 1.30. The van der Waals surface area contributed by atoms with Gasteiger partial charge in [-0.1, -0.05) is 0 Å². The number of ether oxygens (including phenoxy) is 2. The molecule has 0 bridgehead atoms. The van der Waals surface area contributed by atoms with Crippen LogP contribution in [-0.4, -0.2) is 30.1 Å². The lowest BCUT2D eigenvalue weighted by atomic mass is 10.1. The van der Waals surface area contributed by atoms with Gasteiger partial charge in [0.2, 0.25) is 5.69 Å². The average Bonchev–Trinajstić information content (AvgIpc) is 2.35. The minimum absolute atomic E-state index is 0.468. The Labute approximate surface area is 99.5 Å². The largest absolute Gasteiger partial charge is 0.494 e. The molecule has 1 rings (SSSR count). The van der Waals surface area contributed by atoms with Crippen molar-refractivity contribution < 1.29 is 28.0 Å². The van der Waals surface area contributed by atoms with Gasteiger partial charge in [-0.3, -0.25) is 10.1 Å². The number of halogens is 2. The summed E-state index contributed by atoms with van der Waals surface area (Å²) in [6.07, 6.45) is -2.38. The Morgan fingerprint density at radius 3 is 2.50 bits per heavy atom. The Bertz CT molecular complexity index is 492. The number of carbonyl (C=O) groups excluding carboxylic acids is 1. The molecular formula is C9H8F2N2O5. The molecule has 7 nitrogen and oxygen atoms in total. The van der Waals surface area contributed by atoms with Crippen LogP contribution in [0.5, 0.6) is 5.75 Å². The van der Waals surface area contributed by atoms with E-state index in [1.807, 2.05) is 0 Å². The van der Waals surface area contributed by atoms with E-state index in [0.29, 0.717) is 0 Å². The van der Waals surface area contributed by atoms with Gasteiger partial charge in [0.05, 0.1) is 25.3 Å². The first-order valence-corrected chi connectivity index (χ1v) is 4.51. The number of esters is 1. The van der Waals surface area contributed by atoms with Gasteiger partial charge in [-0.2, -0.15) is 0 Å². The average molecular weight is 262 g/mol. The Kier molecular flexibility index (Phi) is 4.08. The van der Waals surface area contributed by atoms with Crippen LogP contribution in [0.2, 0.25) is 0 Å². The van der Waals surface area contributed by atoms with Crippen molar-refractivity contribution in [1.29, 1.82) is 0 Å². The van der Waals surface area contributed by atoms with Crippen molar-refractivity contribution in [2.24, 2.45) is 0 Å². The SMILES string of the molecule is COC(=O)c1ncc(OC)c(C(F)F)c1[N+](=O)[O-]. The van der Waals surface area contributed by atoms with Gasteiger partial charge >= 0.3 is 11.7 Å². The molecule has 0 aromatic carbocycles. The molecule has 0 unspecified atom stereocenters. The molecule has 0 atom stereocenters. The summed E-state index contributed by atoms with van der Waals surface area (Å²) in [7, 11) is 2.02. The van der Waals surface area contributed by atoms with Crippen LogP contribution in [0.3, 0.4) is 0 Å². The molecule has 0 saturated heterocycles. The van der Waals surface area contributed by atoms with Crippen molar-refractivity contribution in [1.82, 2.24) is 4.98 Å². The van der Waals surface area contributed by atoms with E-state index in [1.54, 1.807) is 0 Å². The van der Waals surface area contributed by atoms with Crippen LogP contribution in [0.15, 0.2) is 6.20 Å². The summed E-state index contributed by atoms with van der Waals surface area (Å²) in [5.41, 5.74) is -2.91. The fourth-order valence-electron chi connectivity index (χ4n) is 1.30. The Balaban J connectivity index is 3.62. The van der Waals surface area contributed by atoms with Gasteiger partial charge in [-0.25, -0.2) is 18.6 Å². The lowest BCUT2D eigenvalue weighted by Crippen LogP contribution is -2.12. The molecule has 0 saturated carbocycles. The Hall–Kier alpha value is -2.32. The minimum Gasteiger partial charge on any atom is -0.494 e. The summed E-state index contributed by atoms with van der Waals surface area (Å²) in [6, 6.07) is 0. The van der Waals surface area contributed by atoms with Crippen LogP contribution in [0, 0.1) is 10.1 Å². The number of hydrogen-bond donors (Lipinski definition) is 0. The van der Waals surface area contributed by atoms with Crippen LogP contribution in [0.1, 0.15) is 22.5 Å². The molecule has 0 N–H and O–H groups in total. The first-order valence-electron chi connectivity index (χ1n) is 4.51. The summed E-state index contributed by atoms with van der Waals surface area (Å²) < 4.78 is 34.4. The maximum Gasteiger partial charge on any atom is 0.363 e. The molecule has 9 heteroatoms. The quantitative estimate of drug-likeness (QED) is 0.466. The molecule has 0 amide bonds. The third-order valence-corrected chi connectivity index (χ3v) is 2.06. The molecule has 1 heterocycles. The molecule has 0 radical (unpaired) electrons. The smallest absolute Gasteiger partial charge is 0.363 e. The number of nitro groups is 1. The van der Waals surface area contributed by atoms with Crippen molar-refractivity contribution in [3.63, 3.8) is 0 Å². The summed E-state index contributed by atoms with van der Waals surface area (Å²) >= 11 is 0. The summed E-state index contributed by atoms with van der Waals surface area (Å²) in [4.78, 5) is 24.3. The number of nitrogens with zero attached hydrogens (tertiary/aromatic N) is 2. The molecule has 1 aromatic rings. The monoisotopic (exact) mass is 262 g/mol. The molecular weight excluding hydrogens is 254 g/mol. The Morgan fingerprint density at radius 2 is 2.11 bits per heavy atom. The maximum absolute atomic E-state index is 12.8. The second-order valence-electron chi connectivity index (χ2n) is 2.99. The van der Waals surface area contributed by atoms with Gasteiger partial charge in [0.1, 0.15) is 5.56 Å². The first-order chi connectivity index (χ1) is 8.43. The molecule has 18 heavy (non-hydrogen) atoms. The predicted molar refractivity (Wildman–Crippen MR) is 53.7 cm³/mol. The zero-order chi connectivity index (χ0) is 13.9. The van der Waals surface area contributed by atoms with Gasteiger partial charge in [-0.05, 0) is 0 Å². The first kappa shape index (κ1) is 13.7. The maximum atomic E-state index is 12.8. The van der Waals surface area contributed by atoms with Crippen molar-refractivity contribution in [2.45, 2.75) is 6.43 Å². The third kappa shape index (κ3) is 2.34. The number of aromatic nitrogens is 1. The van der Waals surface area contributed by atoms with Crippen LogP contribution in [0.4, 0.5) is 14.5 Å². The highest BCUT2D eigenvalue weighted by Gasteiger charge is 2.34. The van der Waals surface area contributed by atoms with Gasteiger partial charge in [-0.15, -0.1) is 0 Å². The summed E-state index contributed by atoms with van der Waals surface area (Å²) in [5.74, 6) is -1.64. The zero-order valence-electron chi connectivity index (χ0n) is 9.35. The van der Waals surface area contributed by atoms with E-state index in [4.69, 9.17) is 0 Å². The molecule has 0 aliphatic carbocycles. The van der Waals surface area contributed by atoms with E-state index in [9.17, 15) is 23.7 Å². The number of carbonyl (C=O) groups is 1. The van der Waals surface area contributed by atoms with Gasteiger partial charge < -0.3 is 9.47 Å². The van der Waals surface area contributed by atoms with Gasteiger partial charge in [0.25, 0.3) is 6.43 Å². The van der Waals surface area contributed by atoms with Crippen LogP contribution in [-0.2, 0) is 4.74 Å². The van der Waals surface area contributed by atoms with E-state index in [0.717, 1.165) is 20.4 Å². The van der Waals surface area contributed by atoms with Crippen LogP contribution < -0.4 is 4.74 Å². The van der Waals surface area contributed by atoms with E-state index < -0.39 is 40.0 Å². The van der Waals surface area contributed by atoms with Crippen molar-refractivity contribution in [3.8, 4) is 5.75 Å². The lowest BCUT2D eigenvalue weighted by Gasteiger charge is -2.09. The molecule has 1 aromatic heterocycles. The molecule has 0 fully saturated rings. The second kappa shape index (κ2) is 5.34. The van der Waals surface area contributed by atoms with Crippen molar-refractivity contribution >= 4 is 11.7 Å². The van der Waals surface area contributed by atoms with E-state index in [2.05, 4.69) is 14.5 Å². The van der Waals surface area contributed by atoms with E-state index in [1.165, 1.54) is 0 Å². The summed E-state index contributed by atoms with van der Waals surface area (Å²) in [5, 5.41) is 10.8. The highest BCUT2D eigenvalue weighted by atomic mass is 19.3. The molecule has 0 aliphatic rings. The summed E-state index contributed by atoms with van der Waals surface area (Å²) in [6.45, 7) is 0. The highest BCUT2D eigenvalue weighted by molar-refractivity contribution is 5.92. The molecule has 0 aliphatic heterocycles. The van der Waals surface area contributed by atoms with Crippen molar-refractivity contribution in [3.05, 3.63) is 27.6 Å². The van der Waals surface area contributed by atoms with Crippen LogP contribution >= 0.6 is 0 Å². The Morgan fingerprint density at radius 1 is 1.50 bits per heavy atom. The second-order valence-corrected chi connectivity index (χ2v) is 2.99. The van der Waals surface area contributed by atoms with E-state index in [-0.39, 0.29) is 0 Å². The minimum atomic E-state index is -3.19. The predicted octanol–water partition coefficient (Wildman–Crippen LogP) is 1.72. The van der Waals surface area contributed by atoms with Crippen LogP contribution in [0.25, 0.3) is 0 Å². The molecule has 98 valence electrons.